The van der Waals surface area contributed by atoms with E-state index in [9.17, 15) is 22.1 Å². The summed E-state index contributed by atoms with van der Waals surface area (Å²) in [5.74, 6) is 0.476. The molecule has 178 valence electrons. The van der Waals surface area contributed by atoms with Crippen LogP contribution < -0.4 is 5.32 Å². The molecule has 1 unspecified atom stereocenters. The van der Waals surface area contributed by atoms with Crippen molar-refractivity contribution in [1.82, 2.24) is 5.32 Å². The van der Waals surface area contributed by atoms with Gasteiger partial charge >= 0.3 is 14.4 Å². The summed E-state index contributed by atoms with van der Waals surface area (Å²) in [4.78, 5) is 9.15. The van der Waals surface area contributed by atoms with Crippen LogP contribution in [0.25, 0.3) is 0 Å². The summed E-state index contributed by atoms with van der Waals surface area (Å²) < 4.78 is 68.3. The van der Waals surface area contributed by atoms with Gasteiger partial charge in [0.25, 0.3) is 0 Å². The van der Waals surface area contributed by atoms with Crippen LogP contribution in [0.1, 0.15) is 42.4 Å². The second-order valence-corrected chi connectivity index (χ2v) is 9.24. The molecule has 10 heteroatoms. The van der Waals surface area contributed by atoms with E-state index in [4.69, 9.17) is 4.89 Å². The molecule has 0 aliphatic rings. The maximum absolute atomic E-state index is 13.5. The van der Waals surface area contributed by atoms with E-state index in [1.807, 2.05) is 0 Å². The van der Waals surface area contributed by atoms with Gasteiger partial charge in [0.2, 0.25) is 0 Å². The summed E-state index contributed by atoms with van der Waals surface area (Å²) in [5, 5.41) is 2.91. The van der Waals surface area contributed by atoms with Gasteiger partial charge in [0.05, 0.1) is 12.2 Å². The van der Waals surface area contributed by atoms with E-state index in [-0.39, 0.29) is 24.5 Å². The molecule has 0 aliphatic heterocycles. The summed E-state index contributed by atoms with van der Waals surface area (Å²) in [6.45, 7) is 0.505. The monoisotopic (exact) mass is 493 g/mol. The normalized spacial score (nSPS) is 12.8. The van der Waals surface area contributed by atoms with Crippen LogP contribution in [0.5, 0.6) is 0 Å². The third-order valence-electron chi connectivity index (χ3n) is 4.72. The average Bonchev–Trinajstić information content (AvgIpc) is 2.74. The van der Waals surface area contributed by atoms with Crippen molar-refractivity contribution in [2.75, 3.05) is 18.9 Å². The molecule has 2 rings (SSSR count). The number of benzene rings is 2. The van der Waals surface area contributed by atoms with Gasteiger partial charge in [-0.05, 0) is 73.4 Å². The molecule has 0 radical (unpaired) electrons. The van der Waals surface area contributed by atoms with E-state index in [0.29, 0.717) is 17.9 Å². The standard InChI is InChI=1S/C22H28F4NO3PS/c23-19-9-6-17(7-10-19)5-2-1-3-14-32-20-11-8-18(21(15-20)22(24,25)26)16-27-12-4-13-30-31(28)29/h6-11,15,27,31H,1-5,12-14,16H2,(H,28,29). The molecule has 0 saturated heterocycles. The lowest BCUT2D eigenvalue weighted by molar-refractivity contribution is -0.138. The van der Waals surface area contributed by atoms with E-state index in [2.05, 4.69) is 9.84 Å². The molecule has 2 N–H and O–H groups in total. The van der Waals surface area contributed by atoms with E-state index < -0.39 is 20.0 Å². The molecule has 2 aromatic rings. The first-order valence-corrected chi connectivity index (χ1v) is 12.6. The maximum Gasteiger partial charge on any atom is 0.416 e. The number of unbranched alkanes of at least 4 members (excludes halogenated alkanes) is 2. The molecule has 0 bridgehead atoms. The van der Waals surface area contributed by atoms with Crippen LogP contribution in [0.4, 0.5) is 17.6 Å². The highest BCUT2D eigenvalue weighted by Crippen LogP contribution is 2.35. The molecule has 0 saturated carbocycles. The van der Waals surface area contributed by atoms with Gasteiger partial charge in [-0.25, -0.2) is 4.39 Å². The fraction of sp³-hybridized carbons (Fsp3) is 0.455. The highest BCUT2D eigenvalue weighted by Gasteiger charge is 2.33. The summed E-state index contributed by atoms with van der Waals surface area (Å²) in [7, 11) is -2.97. The van der Waals surface area contributed by atoms with Crippen LogP contribution in [0.3, 0.4) is 0 Å². The van der Waals surface area contributed by atoms with Crippen molar-refractivity contribution in [3.8, 4) is 0 Å². The van der Waals surface area contributed by atoms with Gasteiger partial charge in [-0.3, -0.25) is 4.57 Å². The zero-order chi connectivity index (χ0) is 23.4. The van der Waals surface area contributed by atoms with Crippen molar-refractivity contribution < 1.29 is 31.5 Å². The second kappa shape index (κ2) is 14.0. The van der Waals surface area contributed by atoms with E-state index in [1.165, 1.54) is 36.0 Å². The highest BCUT2D eigenvalue weighted by molar-refractivity contribution is 7.99. The lowest BCUT2D eigenvalue weighted by atomic mass is 10.1. The predicted octanol–water partition coefficient (Wildman–Crippen LogP) is 6.23. The SMILES string of the molecule is O=[PH](O)OCCCNCc1ccc(SCCCCCc2ccc(F)cc2)cc1C(F)(F)F. The number of halogens is 4. The molecule has 32 heavy (non-hydrogen) atoms. The molecule has 4 nitrogen and oxygen atoms in total. The first-order chi connectivity index (χ1) is 15.3. The lowest BCUT2D eigenvalue weighted by Gasteiger charge is -2.15. The summed E-state index contributed by atoms with van der Waals surface area (Å²) in [5.41, 5.74) is 0.593. The summed E-state index contributed by atoms with van der Waals surface area (Å²) in [6.07, 6.45) is -0.372. The number of rotatable bonds is 14. The van der Waals surface area contributed by atoms with Crippen molar-refractivity contribution in [2.45, 2.75) is 49.7 Å². The van der Waals surface area contributed by atoms with Crippen molar-refractivity contribution in [2.24, 2.45) is 0 Å². The van der Waals surface area contributed by atoms with Crippen molar-refractivity contribution in [3.05, 3.63) is 65.0 Å². The zero-order valence-corrected chi connectivity index (χ0v) is 19.4. The fourth-order valence-corrected chi connectivity index (χ4v) is 4.36. The first-order valence-electron chi connectivity index (χ1n) is 10.4. The molecule has 0 aromatic heterocycles. The third kappa shape index (κ3) is 10.5. The Balaban J connectivity index is 1.75. The molecule has 1 atom stereocenters. The van der Waals surface area contributed by atoms with E-state index in [1.54, 1.807) is 18.2 Å². The smallest absolute Gasteiger partial charge is 0.326 e. The van der Waals surface area contributed by atoms with Gasteiger partial charge in [-0.2, -0.15) is 13.2 Å². The molecule has 0 fully saturated rings. The summed E-state index contributed by atoms with van der Waals surface area (Å²) >= 11 is 1.41. The zero-order valence-electron chi connectivity index (χ0n) is 17.6. The fourth-order valence-electron chi connectivity index (χ4n) is 3.09. The van der Waals surface area contributed by atoms with Gasteiger partial charge in [-0.1, -0.05) is 24.6 Å². The van der Waals surface area contributed by atoms with Gasteiger partial charge < -0.3 is 14.7 Å². The largest absolute Gasteiger partial charge is 0.416 e. The third-order valence-corrected chi connectivity index (χ3v) is 6.25. The van der Waals surface area contributed by atoms with Crippen LogP contribution >= 0.6 is 20.0 Å². The van der Waals surface area contributed by atoms with E-state index in [0.717, 1.165) is 37.0 Å². The molecule has 0 amide bonds. The van der Waals surface area contributed by atoms with Crippen molar-refractivity contribution in [3.63, 3.8) is 0 Å². The number of alkyl halides is 3. The minimum Gasteiger partial charge on any atom is -0.326 e. The van der Waals surface area contributed by atoms with Crippen LogP contribution in [0.15, 0.2) is 47.4 Å². The number of hydrogen-bond donors (Lipinski definition) is 2. The lowest BCUT2D eigenvalue weighted by Crippen LogP contribution is -2.19. The topological polar surface area (TPSA) is 58.6 Å². The molecule has 2 aromatic carbocycles. The van der Waals surface area contributed by atoms with Crippen LogP contribution in [0.2, 0.25) is 0 Å². The minimum atomic E-state index is -4.44. The summed E-state index contributed by atoms with van der Waals surface area (Å²) in [6, 6.07) is 10.8. The van der Waals surface area contributed by atoms with Crippen LogP contribution in [-0.4, -0.2) is 23.8 Å². The Morgan fingerprint density at radius 2 is 1.78 bits per heavy atom. The van der Waals surface area contributed by atoms with Gasteiger partial charge in [0.1, 0.15) is 5.82 Å². The van der Waals surface area contributed by atoms with Gasteiger partial charge in [0.15, 0.2) is 0 Å². The molecular formula is C22H28F4NO3PS. The second-order valence-electron chi connectivity index (χ2n) is 7.25. The number of nitrogens with one attached hydrogen (secondary N) is 1. The van der Waals surface area contributed by atoms with Crippen LogP contribution in [-0.2, 0) is 28.2 Å². The molecular weight excluding hydrogens is 465 g/mol. The average molecular weight is 494 g/mol. The van der Waals surface area contributed by atoms with Crippen molar-refractivity contribution in [1.29, 1.82) is 0 Å². The number of thioether (sulfide) groups is 1. The van der Waals surface area contributed by atoms with Crippen molar-refractivity contribution >= 4 is 20.0 Å². The predicted molar refractivity (Wildman–Crippen MR) is 120 cm³/mol. The Morgan fingerprint density at radius 1 is 1.03 bits per heavy atom. The van der Waals surface area contributed by atoms with Gasteiger partial charge in [-0.15, -0.1) is 11.8 Å². The Labute approximate surface area is 190 Å². The maximum atomic E-state index is 13.5. The van der Waals surface area contributed by atoms with E-state index >= 15 is 0 Å². The Kier molecular flexibility index (Phi) is 11.8. The minimum absolute atomic E-state index is 0.0531. The Hall–Kier alpha value is -1.38. The quantitative estimate of drug-likeness (QED) is 0.141. The molecule has 0 aliphatic carbocycles. The van der Waals surface area contributed by atoms with Gasteiger partial charge in [0, 0.05) is 11.4 Å². The Bertz CT molecular complexity index is 850. The number of hydrogen-bond acceptors (Lipinski definition) is 4. The Morgan fingerprint density at radius 3 is 2.47 bits per heavy atom. The molecule has 0 heterocycles. The molecule has 0 spiro atoms. The highest BCUT2D eigenvalue weighted by atomic mass is 32.2. The first kappa shape index (κ1) is 26.9. The number of aryl methyl sites for hydroxylation is 1. The van der Waals surface area contributed by atoms with Crippen LogP contribution in [0, 0.1) is 5.82 Å².